The Morgan fingerprint density at radius 3 is 2.40 bits per heavy atom. The molecule has 0 radical (unpaired) electrons. The second-order valence-electron chi connectivity index (χ2n) is 7.18. The molecule has 1 saturated carbocycles. The Bertz CT molecular complexity index is 255. The van der Waals surface area contributed by atoms with E-state index in [-0.39, 0.29) is 0 Å². The normalized spacial score (nSPS) is 24.6. The highest BCUT2D eigenvalue weighted by molar-refractivity contribution is 4.83. The Hall–Kier alpha value is -0.120. The van der Waals surface area contributed by atoms with Gasteiger partial charge in [0.1, 0.15) is 0 Å². The standard InChI is InChI=1S/C17H35N3/c1-4-18-17(16-7-5-6-8-16)14-20(3)13-15-9-11-19(2)12-10-15/h15-18H,4-14H2,1-3H3. The first kappa shape index (κ1) is 16.3. The summed E-state index contributed by atoms with van der Waals surface area (Å²) in [6.45, 7) is 8.48. The third kappa shape index (κ3) is 5.01. The van der Waals surface area contributed by atoms with E-state index in [9.17, 15) is 0 Å². The Balaban J connectivity index is 1.74. The molecule has 1 aliphatic carbocycles. The molecule has 0 aromatic carbocycles. The fourth-order valence-corrected chi connectivity index (χ4v) is 4.10. The van der Waals surface area contributed by atoms with Gasteiger partial charge in [0.2, 0.25) is 0 Å². The molecule has 1 unspecified atom stereocenters. The summed E-state index contributed by atoms with van der Waals surface area (Å²) in [6, 6.07) is 0.721. The van der Waals surface area contributed by atoms with Gasteiger partial charge in [0.25, 0.3) is 0 Å². The molecule has 2 fully saturated rings. The van der Waals surface area contributed by atoms with Gasteiger partial charge in [0, 0.05) is 19.1 Å². The lowest BCUT2D eigenvalue weighted by molar-refractivity contribution is 0.160. The molecule has 0 amide bonds. The van der Waals surface area contributed by atoms with E-state index in [1.54, 1.807) is 0 Å². The average molecular weight is 281 g/mol. The van der Waals surface area contributed by atoms with Gasteiger partial charge in [-0.2, -0.15) is 0 Å². The maximum Gasteiger partial charge on any atom is 0.0222 e. The lowest BCUT2D eigenvalue weighted by atomic mass is 9.94. The van der Waals surface area contributed by atoms with Crippen molar-refractivity contribution >= 4 is 0 Å². The molecule has 20 heavy (non-hydrogen) atoms. The first-order chi connectivity index (χ1) is 9.69. The second-order valence-corrected chi connectivity index (χ2v) is 7.18. The van der Waals surface area contributed by atoms with Gasteiger partial charge in [-0.15, -0.1) is 0 Å². The number of piperidine rings is 1. The van der Waals surface area contributed by atoms with E-state index >= 15 is 0 Å². The second kappa shape index (κ2) is 8.35. The summed E-state index contributed by atoms with van der Waals surface area (Å²) in [5, 5.41) is 3.75. The average Bonchev–Trinajstić information content (AvgIpc) is 2.95. The zero-order chi connectivity index (χ0) is 14.4. The van der Waals surface area contributed by atoms with Gasteiger partial charge in [0.05, 0.1) is 0 Å². The summed E-state index contributed by atoms with van der Waals surface area (Å²) in [6.07, 6.45) is 8.56. The van der Waals surface area contributed by atoms with Crippen LogP contribution in [0.2, 0.25) is 0 Å². The molecular formula is C17H35N3. The molecule has 0 aromatic rings. The van der Waals surface area contributed by atoms with E-state index in [4.69, 9.17) is 0 Å². The number of nitrogens with zero attached hydrogens (tertiary/aromatic N) is 2. The lowest BCUT2D eigenvalue weighted by Crippen LogP contribution is -2.45. The minimum Gasteiger partial charge on any atom is -0.313 e. The van der Waals surface area contributed by atoms with E-state index in [1.165, 1.54) is 64.7 Å². The summed E-state index contributed by atoms with van der Waals surface area (Å²) in [5.41, 5.74) is 0. The van der Waals surface area contributed by atoms with Crippen LogP contribution in [0.5, 0.6) is 0 Å². The summed E-state index contributed by atoms with van der Waals surface area (Å²) in [7, 11) is 4.58. The smallest absolute Gasteiger partial charge is 0.0222 e. The number of rotatable bonds is 7. The zero-order valence-electron chi connectivity index (χ0n) is 13.9. The molecule has 3 heteroatoms. The van der Waals surface area contributed by atoms with Crippen LogP contribution in [0.1, 0.15) is 45.4 Å². The van der Waals surface area contributed by atoms with Crippen molar-refractivity contribution in [2.24, 2.45) is 11.8 Å². The highest BCUT2D eigenvalue weighted by Crippen LogP contribution is 2.28. The van der Waals surface area contributed by atoms with Gasteiger partial charge in [-0.05, 0) is 71.2 Å². The number of likely N-dealkylation sites (N-methyl/N-ethyl adjacent to an activating group) is 2. The van der Waals surface area contributed by atoms with Crippen LogP contribution in [-0.2, 0) is 0 Å². The summed E-state index contributed by atoms with van der Waals surface area (Å²) in [5.74, 6) is 1.84. The van der Waals surface area contributed by atoms with E-state index < -0.39 is 0 Å². The molecule has 2 aliphatic rings. The Morgan fingerprint density at radius 2 is 1.80 bits per heavy atom. The van der Waals surface area contributed by atoms with Crippen molar-refractivity contribution in [3.63, 3.8) is 0 Å². The van der Waals surface area contributed by atoms with Crippen LogP contribution in [0.15, 0.2) is 0 Å². The number of nitrogens with one attached hydrogen (secondary N) is 1. The van der Waals surface area contributed by atoms with Crippen molar-refractivity contribution in [1.29, 1.82) is 0 Å². The van der Waals surface area contributed by atoms with Crippen LogP contribution in [0.4, 0.5) is 0 Å². The Kier molecular flexibility index (Phi) is 6.79. The van der Waals surface area contributed by atoms with E-state index in [0.29, 0.717) is 0 Å². The molecule has 1 saturated heterocycles. The van der Waals surface area contributed by atoms with Gasteiger partial charge < -0.3 is 15.1 Å². The van der Waals surface area contributed by atoms with Crippen LogP contribution in [-0.4, -0.2) is 62.7 Å². The minimum absolute atomic E-state index is 0.721. The highest BCUT2D eigenvalue weighted by atomic mass is 15.1. The molecule has 1 heterocycles. The van der Waals surface area contributed by atoms with Gasteiger partial charge >= 0.3 is 0 Å². The molecular weight excluding hydrogens is 246 g/mol. The van der Waals surface area contributed by atoms with Crippen LogP contribution in [0.3, 0.4) is 0 Å². The molecule has 2 rings (SSSR count). The fraction of sp³-hybridized carbons (Fsp3) is 1.00. The lowest BCUT2D eigenvalue weighted by Gasteiger charge is -2.34. The Morgan fingerprint density at radius 1 is 1.15 bits per heavy atom. The van der Waals surface area contributed by atoms with E-state index in [2.05, 4.69) is 36.1 Å². The number of hydrogen-bond acceptors (Lipinski definition) is 3. The molecule has 3 nitrogen and oxygen atoms in total. The largest absolute Gasteiger partial charge is 0.313 e. The van der Waals surface area contributed by atoms with E-state index in [0.717, 1.165) is 24.4 Å². The van der Waals surface area contributed by atoms with Crippen molar-refractivity contribution in [2.45, 2.75) is 51.5 Å². The summed E-state index contributed by atoms with van der Waals surface area (Å²) < 4.78 is 0. The van der Waals surface area contributed by atoms with Crippen molar-refractivity contribution < 1.29 is 0 Å². The van der Waals surface area contributed by atoms with Crippen molar-refractivity contribution in [1.82, 2.24) is 15.1 Å². The first-order valence-electron chi connectivity index (χ1n) is 8.79. The summed E-state index contributed by atoms with van der Waals surface area (Å²) >= 11 is 0. The highest BCUT2D eigenvalue weighted by Gasteiger charge is 2.26. The topological polar surface area (TPSA) is 18.5 Å². The predicted octanol–water partition coefficient (Wildman–Crippen LogP) is 2.43. The van der Waals surface area contributed by atoms with Crippen LogP contribution in [0, 0.1) is 11.8 Å². The molecule has 1 atom stereocenters. The molecule has 0 bridgehead atoms. The number of likely N-dealkylation sites (tertiary alicyclic amines) is 1. The maximum atomic E-state index is 3.75. The van der Waals surface area contributed by atoms with Crippen LogP contribution >= 0.6 is 0 Å². The van der Waals surface area contributed by atoms with Gasteiger partial charge in [0.15, 0.2) is 0 Å². The van der Waals surface area contributed by atoms with E-state index in [1.807, 2.05) is 0 Å². The quantitative estimate of drug-likeness (QED) is 0.773. The molecule has 1 aliphatic heterocycles. The summed E-state index contributed by atoms with van der Waals surface area (Å²) in [4.78, 5) is 5.07. The zero-order valence-corrected chi connectivity index (χ0v) is 13.9. The van der Waals surface area contributed by atoms with Crippen molar-refractivity contribution in [3.05, 3.63) is 0 Å². The van der Waals surface area contributed by atoms with Gasteiger partial charge in [-0.3, -0.25) is 0 Å². The maximum absolute atomic E-state index is 3.75. The van der Waals surface area contributed by atoms with Gasteiger partial charge in [-0.1, -0.05) is 19.8 Å². The number of hydrogen-bond donors (Lipinski definition) is 1. The van der Waals surface area contributed by atoms with Crippen molar-refractivity contribution in [2.75, 3.05) is 46.8 Å². The van der Waals surface area contributed by atoms with Gasteiger partial charge in [-0.25, -0.2) is 0 Å². The Labute approximate surface area is 126 Å². The van der Waals surface area contributed by atoms with Crippen molar-refractivity contribution in [3.8, 4) is 0 Å². The van der Waals surface area contributed by atoms with Crippen LogP contribution < -0.4 is 5.32 Å². The molecule has 0 spiro atoms. The molecule has 118 valence electrons. The minimum atomic E-state index is 0.721. The third-order valence-electron chi connectivity index (χ3n) is 5.35. The monoisotopic (exact) mass is 281 g/mol. The first-order valence-corrected chi connectivity index (χ1v) is 8.79. The fourth-order valence-electron chi connectivity index (χ4n) is 4.10. The third-order valence-corrected chi connectivity index (χ3v) is 5.35. The SMILES string of the molecule is CCNC(CN(C)CC1CCN(C)CC1)C1CCCC1. The van der Waals surface area contributed by atoms with Crippen LogP contribution in [0.25, 0.3) is 0 Å². The molecule has 0 aromatic heterocycles. The predicted molar refractivity (Wildman–Crippen MR) is 87.1 cm³/mol. The molecule has 1 N–H and O–H groups in total.